The predicted octanol–water partition coefficient (Wildman–Crippen LogP) is 2.82. The fourth-order valence-electron chi connectivity index (χ4n) is 1.90. The highest BCUT2D eigenvalue weighted by atomic mass is 19.1. The lowest BCUT2D eigenvalue weighted by molar-refractivity contribution is -0.137. The lowest BCUT2D eigenvalue weighted by atomic mass is 10.1. The zero-order valence-corrected chi connectivity index (χ0v) is 10.5. The summed E-state index contributed by atoms with van der Waals surface area (Å²) >= 11 is 0. The van der Waals surface area contributed by atoms with Crippen molar-refractivity contribution in [3.63, 3.8) is 0 Å². The van der Waals surface area contributed by atoms with Crippen molar-refractivity contribution in [2.45, 2.75) is 26.3 Å². The van der Waals surface area contributed by atoms with Crippen LogP contribution in [0.5, 0.6) is 0 Å². The summed E-state index contributed by atoms with van der Waals surface area (Å²) in [5, 5.41) is 8.65. The van der Waals surface area contributed by atoms with Crippen LogP contribution in [0.1, 0.15) is 31.9 Å². The molecule has 0 aliphatic carbocycles. The number of halogens is 2. The van der Waals surface area contributed by atoms with Gasteiger partial charge in [-0.2, -0.15) is 0 Å². The molecule has 0 radical (unpaired) electrons. The quantitative estimate of drug-likeness (QED) is 0.852. The number of nitrogens with zero attached hydrogens (tertiary/aromatic N) is 1. The van der Waals surface area contributed by atoms with Crippen molar-refractivity contribution in [2.24, 2.45) is 0 Å². The summed E-state index contributed by atoms with van der Waals surface area (Å²) in [4.78, 5) is 12.4. The van der Waals surface area contributed by atoms with Crippen molar-refractivity contribution < 1.29 is 18.7 Å². The molecule has 0 bridgehead atoms. The maximum Gasteiger partial charge on any atom is 0.304 e. The molecular formula is C13H17F2NO2. The van der Waals surface area contributed by atoms with Crippen LogP contribution in [0.15, 0.2) is 18.2 Å². The summed E-state index contributed by atoms with van der Waals surface area (Å²) in [6.07, 6.45) is 0.000986. The average molecular weight is 257 g/mol. The van der Waals surface area contributed by atoms with Crippen molar-refractivity contribution in [1.29, 1.82) is 0 Å². The normalized spacial score (nSPS) is 12.7. The molecule has 0 saturated heterocycles. The second kappa shape index (κ2) is 6.44. The summed E-state index contributed by atoms with van der Waals surface area (Å²) in [6, 6.07) is 3.17. The maximum atomic E-state index is 13.6. The third-order valence-corrected chi connectivity index (χ3v) is 2.98. The Kier molecular flexibility index (Phi) is 5.22. The fraction of sp³-hybridized carbons (Fsp3) is 0.462. The standard InChI is InChI=1S/C13H17F2NO2/c1-3-16(7-6-13(17)18)9(2)11-5-4-10(14)8-12(11)15/h4-5,8-9H,3,6-7H2,1-2H3,(H,17,18). The first-order valence-electron chi connectivity index (χ1n) is 5.86. The van der Waals surface area contributed by atoms with E-state index in [1.807, 2.05) is 11.8 Å². The first-order valence-corrected chi connectivity index (χ1v) is 5.86. The molecule has 0 aliphatic rings. The van der Waals surface area contributed by atoms with Gasteiger partial charge < -0.3 is 5.11 Å². The van der Waals surface area contributed by atoms with E-state index < -0.39 is 17.6 Å². The van der Waals surface area contributed by atoms with E-state index in [1.54, 1.807) is 6.92 Å². The number of aliphatic carboxylic acids is 1. The molecular weight excluding hydrogens is 240 g/mol. The van der Waals surface area contributed by atoms with Crippen LogP contribution < -0.4 is 0 Å². The molecule has 1 aromatic carbocycles. The van der Waals surface area contributed by atoms with Gasteiger partial charge in [-0.15, -0.1) is 0 Å². The SMILES string of the molecule is CCN(CCC(=O)O)C(C)c1ccc(F)cc1F. The van der Waals surface area contributed by atoms with E-state index in [1.165, 1.54) is 12.1 Å². The van der Waals surface area contributed by atoms with E-state index in [9.17, 15) is 13.6 Å². The molecule has 18 heavy (non-hydrogen) atoms. The minimum atomic E-state index is -0.889. The van der Waals surface area contributed by atoms with E-state index >= 15 is 0 Å². The van der Waals surface area contributed by atoms with Gasteiger partial charge in [0.2, 0.25) is 0 Å². The van der Waals surface area contributed by atoms with Crippen molar-refractivity contribution in [1.82, 2.24) is 4.90 Å². The highest BCUT2D eigenvalue weighted by Crippen LogP contribution is 2.23. The van der Waals surface area contributed by atoms with Gasteiger partial charge in [-0.25, -0.2) is 8.78 Å². The molecule has 0 amide bonds. The Morgan fingerprint density at radius 3 is 2.61 bits per heavy atom. The zero-order chi connectivity index (χ0) is 13.7. The Balaban J connectivity index is 2.82. The Morgan fingerprint density at radius 2 is 2.11 bits per heavy atom. The molecule has 1 unspecified atom stereocenters. The second-order valence-corrected chi connectivity index (χ2v) is 4.11. The summed E-state index contributed by atoms with van der Waals surface area (Å²) in [5.74, 6) is -2.10. The Bertz CT molecular complexity index is 423. The number of carboxylic acids is 1. The van der Waals surface area contributed by atoms with Crippen molar-refractivity contribution in [2.75, 3.05) is 13.1 Å². The molecule has 0 aliphatic heterocycles. The van der Waals surface area contributed by atoms with E-state index in [2.05, 4.69) is 0 Å². The highest BCUT2D eigenvalue weighted by molar-refractivity contribution is 5.66. The predicted molar refractivity (Wildman–Crippen MR) is 64.3 cm³/mol. The van der Waals surface area contributed by atoms with E-state index in [4.69, 9.17) is 5.11 Å². The van der Waals surface area contributed by atoms with Crippen LogP contribution in [0.3, 0.4) is 0 Å². The van der Waals surface area contributed by atoms with Crippen LogP contribution >= 0.6 is 0 Å². The largest absolute Gasteiger partial charge is 0.481 e. The third kappa shape index (κ3) is 3.77. The number of hydrogen-bond donors (Lipinski definition) is 1. The van der Waals surface area contributed by atoms with Crippen LogP contribution in [-0.2, 0) is 4.79 Å². The van der Waals surface area contributed by atoms with E-state index in [0.29, 0.717) is 18.7 Å². The van der Waals surface area contributed by atoms with Gasteiger partial charge in [0.05, 0.1) is 6.42 Å². The Hall–Kier alpha value is -1.49. The lowest BCUT2D eigenvalue weighted by Crippen LogP contribution is -2.29. The molecule has 0 aromatic heterocycles. The minimum Gasteiger partial charge on any atom is -0.481 e. The summed E-state index contributed by atoms with van der Waals surface area (Å²) < 4.78 is 26.4. The average Bonchev–Trinajstić information content (AvgIpc) is 2.29. The molecule has 5 heteroatoms. The zero-order valence-electron chi connectivity index (χ0n) is 10.5. The van der Waals surface area contributed by atoms with Crippen LogP contribution in [-0.4, -0.2) is 29.1 Å². The fourth-order valence-corrected chi connectivity index (χ4v) is 1.90. The van der Waals surface area contributed by atoms with Gasteiger partial charge in [0.25, 0.3) is 0 Å². The number of carboxylic acid groups (broad SMARTS) is 1. The minimum absolute atomic E-state index is 0.000986. The molecule has 0 spiro atoms. The molecule has 100 valence electrons. The summed E-state index contributed by atoms with van der Waals surface area (Å²) in [5.41, 5.74) is 0.378. The molecule has 0 heterocycles. The van der Waals surface area contributed by atoms with E-state index in [-0.39, 0.29) is 12.5 Å². The third-order valence-electron chi connectivity index (χ3n) is 2.98. The number of benzene rings is 1. The van der Waals surface area contributed by atoms with Gasteiger partial charge in [0.15, 0.2) is 0 Å². The monoisotopic (exact) mass is 257 g/mol. The van der Waals surface area contributed by atoms with Crippen molar-refractivity contribution >= 4 is 5.97 Å². The van der Waals surface area contributed by atoms with Gasteiger partial charge in [-0.05, 0) is 19.5 Å². The van der Waals surface area contributed by atoms with Crippen LogP contribution in [0.2, 0.25) is 0 Å². The van der Waals surface area contributed by atoms with E-state index in [0.717, 1.165) is 6.07 Å². The van der Waals surface area contributed by atoms with Crippen LogP contribution in [0.4, 0.5) is 8.78 Å². The summed E-state index contributed by atoms with van der Waals surface area (Å²) in [6.45, 7) is 4.59. The molecule has 0 fully saturated rings. The lowest BCUT2D eigenvalue weighted by Gasteiger charge is -2.27. The molecule has 0 saturated carbocycles. The first kappa shape index (κ1) is 14.6. The molecule has 3 nitrogen and oxygen atoms in total. The highest BCUT2D eigenvalue weighted by Gasteiger charge is 2.18. The molecule has 1 rings (SSSR count). The van der Waals surface area contributed by atoms with Gasteiger partial charge in [-0.1, -0.05) is 13.0 Å². The molecule has 1 atom stereocenters. The topological polar surface area (TPSA) is 40.5 Å². The van der Waals surface area contributed by atoms with Crippen molar-refractivity contribution in [3.05, 3.63) is 35.4 Å². The number of rotatable bonds is 6. The van der Waals surface area contributed by atoms with Gasteiger partial charge >= 0.3 is 5.97 Å². The number of carbonyl (C=O) groups is 1. The van der Waals surface area contributed by atoms with Gasteiger partial charge in [0, 0.05) is 24.2 Å². The van der Waals surface area contributed by atoms with Gasteiger partial charge in [-0.3, -0.25) is 9.69 Å². The molecule has 1 aromatic rings. The Labute approximate surface area is 105 Å². The number of hydrogen-bond acceptors (Lipinski definition) is 2. The van der Waals surface area contributed by atoms with Crippen LogP contribution in [0, 0.1) is 11.6 Å². The second-order valence-electron chi connectivity index (χ2n) is 4.11. The summed E-state index contributed by atoms with van der Waals surface area (Å²) in [7, 11) is 0. The first-order chi connectivity index (χ1) is 8.45. The molecule has 1 N–H and O–H groups in total. The van der Waals surface area contributed by atoms with Gasteiger partial charge in [0.1, 0.15) is 11.6 Å². The Morgan fingerprint density at radius 1 is 1.44 bits per heavy atom. The smallest absolute Gasteiger partial charge is 0.304 e. The maximum absolute atomic E-state index is 13.6. The van der Waals surface area contributed by atoms with Crippen LogP contribution in [0.25, 0.3) is 0 Å². The van der Waals surface area contributed by atoms with Crippen molar-refractivity contribution in [3.8, 4) is 0 Å².